The van der Waals surface area contributed by atoms with Gasteiger partial charge in [-0.2, -0.15) is 0 Å². The number of carbonyl (C=O) groups excluding carboxylic acids is 2. The van der Waals surface area contributed by atoms with Gasteiger partial charge in [-0.25, -0.2) is 0 Å². The molecule has 1 unspecified atom stereocenters. The fraction of sp³-hybridized carbons (Fsp3) is 0.500. The number of ketones is 1. The second-order valence-electron chi connectivity index (χ2n) is 5.13. The van der Waals surface area contributed by atoms with Crippen LogP contribution in [0.1, 0.15) is 44.5 Å². The molecule has 1 aromatic rings. The predicted octanol–water partition coefficient (Wildman–Crippen LogP) is 3.48. The molecule has 1 atom stereocenters. The molecule has 0 aliphatic carbocycles. The minimum atomic E-state index is -0.808. The van der Waals surface area contributed by atoms with Crippen LogP contribution in [0, 0.1) is 11.3 Å². The SMILES string of the molecule is CCOC(=O)C(C)(C)C(CC)C(=O)c1ccccc1. The number of Topliss-reactive ketones (excluding diaryl/α,β-unsaturated/α-hetero) is 1. The summed E-state index contributed by atoms with van der Waals surface area (Å²) in [5.41, 5.74) is -0.163. The van der Waals surface area contributed by atoms with E-state index in [1.54, 1.807) is 32.9 Å². The van der Waals surface area contributed by atoms with Gasteiger partial charge in [0.25, 0.3) is 0 Å². The van der Waals surface area contributed by atoms with E-state index >= 15 is 0 Å². The van der Waals surface area contributed by atoms with Gasteiger partial charge in [0, 0.05) is 11.5 Å². The van der Waals surface area contributed by atoms with E-state index in [4.69, 9.17) is 4.74 Å². The van der Waals surface area contributed by atoms with Crippen LogP contribution in [0.2, 0.25) is 0 Å². The Morgan fingerprint density at radius 1 is 1.16 bits per heavy atom. The topological polar surface area (TPSA) is 43.4 Å². The number of hydrogen-bond donors (Lipinski definition) is 0. The molecule has 3 nitrogen and oxygen atoms in total. The predicted molar refractivity (Wildman–Crippen MR) is 75.0 cm³/mol. The molecule has 0 N–H and O–H groups in total. The Morgan fingerprint density at radius 2 is 1.74 bits per heavy atom. The number of hydrogen-bond acceptors (Lipinski definition) is 3. The first kappa shape index (κ1) is 15.4. The summed E-state index contributed by atoms with van der Waals surface area (Å²) >= 11 is 0. The first-order valence-corrected chi connectivity index (χ1v) is 6.71. The molecular weight excluding hydrogens is 240 g/mol. The summed E-state index contributed by atoms with van der Waals surface area (Å²) in [5.74, 6) is -0.679. The Hall–Kier alpha value is -1.64. The maximum Gasteiger partial charge on any atom is 0.312 e. The van der Waals surface area contributed by atoms with Crippen molar-refractivity contribution in [1.29, 1.82) is 0 Å². The monoisotopic (exact) mass is 262 g/mol. The lowest BCUT2D eigenvalue weighted by Crippen LogP contribution is -2.38. The largest absolute Gasteiger partial charge is 0.466 e. The van der Waals surface area contributed by atoms with Crippen LogP contribution >= 0.6 is 0 Å². The molecule has 104 valence electrons. The molecule has 0 heterocycles. The zero-order valence-electron chi connectivity index (χ0n) is 12.1. The van der Waals surface area contributed by atoms with Gasteiger partial charge in [-0.1, -0.05) is 37.3 Å². The molecule has 0 aliphatic heterocycles. The van der Waals surface area contributed by atoms with Gasteiger partial charge in [0.05, 0.1) is 12.0 Å². The molecule has 19 heavy (non-hydrogen) atoms. The van der Waals surface area contributed by atoms with Gasteiger partial charge in [0.15, 0.2) is 5.78 Å². The summed E-state index contributed by atoms with van der Waals surface area (Å²) in [4.78, 5) is 24.5. The van der Waals surface area contributed by atoms with E-state index in [0.717, 1.165) is 0 Å². The summed E-state index contributed by atoms with van der Waals surface area (Å²) < 4.78 is 5.08. The van der Waals surface area contributed by atoms with Gasteiger partial charge in [0.2, 0.25) is 0 Å². The van der Waals surface area contributed by atoms with Crippen molar-refractivity contribution < 1.29 is 14.3 Å². The van der Waals surface area contributed by atoms with Gasteiger partial charge in [-0.05, 0) is 27.2 Å². The molecular formula is C16H22O3. The van der Waals surface area contributed by atoms with Crippen LogP contribution in [0.15, 0.2) is 30.3 Å². The molecule has 0 amide bonds. The van der Waals surface area contributed by atoms with Crippen molar-refractivity contribution in [1.82, 2.24) is 0 Å². The van der Waals surface area contributed by atoms with Crippen molar-refractivity contribution in [3.05, 3.63) is 35.9 Å². The quantitative estimate of drug-likeness (QED) is 0.582. The zero-order valence-corrected chi connectivity index (χ0v) is 12.1. The van der Waals surface area contributed by atoms with Crippen LogP contribution in [0.25, 0.3) is 0 Å². The van der Waals surface area contributed by atoms with E-state index in [9.17, 15) is 9.59 Å². The van der Waals surface area contributed by atoms with Crippen LogP contribution in [-0.4, -0.2) is 18.4 Å². The maximum atomic E-state index is 12.5. The molecule has 0 aromatic heterocycles. The third-order valence-electron chi connectivity index (χ3n) is 3.46. The normalized spacial score (nSPS) is 12.8. The highest BCUT2D eigenvalue weighted by molar-refractivity contribution is 6.00. The first-order valence-electron chi connectivity index (χ1n) is 6.71. The Balaban J connectivity index is 3.00. The Labute approximate surface area is 115 Å². The lowest BCUT2D eigenvalue weighted by molar-refractivity contribution is -0.155. The van der Waals surface area contributed by atoms with Crippen LogP contribution in [0.3, 0.4) is 0 Å². The second-order valence-corrected chi connectivity index (χ2v) is 5.13. The molecule has 0 radical (unpaired) electrons. The molecule has 1 aromatic carbocycles. The standard InChI is InChI=1S/C16H22O3/c1-5-13(16(3,4)15(18)19-6-2)14(17)12-10-8-7-9-11-12/h7-11,13H,5-6H2,1-4H3. The summed E-state index contributed by atoms with van der Waals surface area (Å²) in [6.45, 7) is 7.58. The van der Waals surface area contributed by atoms with Crippen molar-refractivity contribution >= 4 is 11.8 Å². The van der Waals surface area contributed by atoms with E-state index < -0.39 is 5.41 Å². The molecule has 1 rings (SSSR count). The number of esters is 1. The highest BCUT2D eigenvalue weighted by atomic mass is 16.5. The average molecular weight is 262 g/mol. The number of benzene rings is 1. The summed E-state index contributed by atoms with van der Waals surface area (Å²) in [7, 11) is 0. The number of ether oxygens (including phenoxy) is 1. The van der Waals surface area contributed by atoms with Gasteiger partial charge < -0.3 is 4.74 Å². The highest BCUT2D eigenvalue weighted by Crippen LogP contribution is 2.33. The average Bonchev–Trinajstić information content (AvgIpc) is 2.40. The number of rotatable bonds is 6. The molecule has 0 bridgehead atoms. The second kappa shape index (κ2) is 6.50. The van der Waals surface area contributed by atoms with Crippen molar-refractivity contribution in [2.45, 2.75) is 34.1 Å². The molecule has 0 saturated heterocycles. The fourth-order valence-corrected chi connectivity index (χ4v) is 2.29. The van der Waals surface area contributed by atoms with Crippen LogP contribution in [0.4, 0.5) is 0 Å². The molecule has 0 fully saturated rings. The molecule has 3 heteroatoms. The summed E-state index contributed by atoms with van der Waals surface area (Å²) in [6.07, 6.45) is 0.611. The third-order valence-corrected chi connectivity index (χ3v) is 3.46. The summed E-state index contributed by atoms with van der Waals surface area (Å²) in [6, 6.07) is 9.10. The van der Waals surface area contributed by atoms with Gasteiger partial charge >= 0.3 is 5.97 Å². The maximum absolute atomic E-state index is 12.5. The molecule has 0 aliphatic rings. The van der Waals surface area contributed by atoms with Crippen molar-refractivity contribution in [3.63, 3.8) is 0 Å². The van der Waals surface area contributed by atoms with Crippen LogP contribution in [0.5, 0.6) is 0 Å². The van der Waals surface area contributed by atoms with E-state index in [1.165, 1.54) is 0 Å². The Bertz CT molecular complexity index is 435. The summed E-state index contributed by atoms with van der Waals surface area (Å²) in [5, 5.41) is 0. The van der Waals surface area contributed by atoms with E-state index in [-0.39, 0.29) is 17.7 Å². The van der Waals surface area contributed by atoms with E-state index in [0.29, 0.717) is 18.6 Å². The van der Waals surface area contributed by atoms with Crippen LogP contribution in [-0.2, 0) is 9.53 Å². The molecule has 0 spiro atoms. The minimum Gasteiger partial charge on any atom is -0.466 e. The highest BCUT2D eigenvalue weighted by Gasteiger charge is 2.41. The Kier molecular flexibility index (Phi) is 5.28. The van der Waals surface area contributed by atoms with Crippen molar-refractivity contribution in [2.75, 3.05) is 6.61 Å². The lowest BCUT2D eigenvalue weighted by Gasteiger charge is -2.30. The minimum absolute atomic E-state index is 0.00107. The van der Waals surface area contributed by atoms with Crippen LogP contribution < -0.4 is 0 Å². The van der Waals surface area contributed by atoms with Crippen molar-refractivity contribution in [3.8, 4) is 0 Å². The number of carbonyl (C=O) groups is 2. The molecule has 0 saturated carbocycles. The van der Waals surface area contributed by atoms with Gasteiger partial charge in [-0.15, -0.1) is 0 Å². The Morgan fingerprint density at radius 3 is 2.21 bits per heavy atom. The smallest absolute Gasteiger partial charge is 0.312 e. The third kappa shape index (κ3) is 3.43. The van der Waals surface area contributed by atoms with E-state index in [2.05, 4.69) is 0 Å². The lowest BCUT2D eigenvalue weighted by atomic mass is 9.73. The zero-order chi connectivity index (χ0) is 14.5. The van der Waals surface area contributed by atoms with Gasteiger partial charge in [-0.3, -0.25) is 9.59 Å². The van der Waals surface area contributed by atoms with E-state index in [1.807, 2.05) is 25.1 Å². The van der Waals surface area contributed by atoms with Crippen molar-refractivity contribution in [2.24, 2.45) is 11.3 Å². The first-order chi connectivity index (χ1) is 8.95. The van der Waals surface area contributed by atoms with Gasteiger partial charge in [0.1, 0.15) is 0 Å². The fourth-order valence-electron chi connectivity index (χ4n) is 2.29.